The van der Waals surface area contributed by atoms with E-state index in [1.807, 2.05) is 6.92 Å². The maximum Gasteiger partial charge on any atom is 0.317 e. The molecule has 0 saturated carbocycles. The number of morpholine rings is 1. The summed E-state index contributed by atoms with van der Waals surface area (Å²) in [6.45, 7) is 7.14. The van der Waals surface area contributed by atoms with Crippen LogP contribution in [-0.4, -0.2) is 88.5 Å². The Hall–Kier alpha value is -0.900. The Balaban J connectivity index is 1.77. The zero-order valence-electron chi connectivity index (χ0n) is 14.0. The molecule has 0 radical (unpaired) electrons. The van der Waals surface area contributed by atoms with Crippen LogP contribution < -0.4 is 10.0 Å². The van der Waals surface area contributed by atoms with E-state index in [0.29, 0.717) is 13.1 Å². The highest BCUT2D eigenvalue weighted by atomic mass is 32.2. The van der Waals surface area contributed by atoms with Crippen LogP contribution in [0.2, 0.25) is 0 Å². The van der Waals surface area contributed by atoms with Gasteiger partial charge >= 0.3 is 6.03 Å². The van der Waals surface area contributed by atoms with E-state index in [2.05, 4.69) is 14.9 Å². The molecular weight excluding hydrogens is 320 g/mol. The Labute approximate surface area is 138 Å². The van der Waals surface area contributed by atoms with Gasteiger partial charge in [-0.2, -0.15) is 0 Å². The summed E-state index contributed by atoms with van der Waals surface area (Å²) in [6.07, 6.45) is 2.72. The lowest BCUT2D eigenvalue weighted by molar-refractivity contribution is 0.0345. The minimum atomic E-state index is -3.24. The average Bonchev–Trinajstić information content (AvgIpc) is 2.46. The Morgan fingerprint density at radius 1 is 1.30 bits per heavy atom. The van der Waals surface area contributed by atoms with E-state index in [4.69, 9.17) is 4.74 Å². The molecule has 0 aromatic carbocycles. The SMILES string of the molecule is C[C@H](CN1CCOCC1)NC(=O)N1CCC[C@@H](NS(C)(=O)=O)C1. The second-order valence-corrected chi connectivity index (χ2v) is 8.22. The van der Waals surface area contributed by atoms with Gasteiger partial charge in [-0.25, -0.2) is 17.9 Å². The molecule has 9 heteroatoms. The fourth-order valence-corrected chi connectivity index (χ4v) is 3.88. The molecule has 2 aliphatic rings. The van der Waals surface area contributed by atoms with E-state index in [1.54, 1.807) is 4.90 Å². The summed E-state index contributed by atoms with van der Waals surface area (Å²) in [4.78, 5) is 16.3. The summed E-state index contributed by atoms with van der Waals surface area (Å²) in [5, 5.41) is 3.01. The molecule has 0 unspecified atom stereocenters. The Morgan fingerprint density at radius 2 is 2.00 bits per heavy atom. The molecule has 2 heterocycles. The van der Waals surface area contributed by atoms with Gasteiger partial charge in [-0.3, -0.25) is 4.90 Å². The standard InChI is InChI=1S/C14H28N4O4S/c1-12(10-17-6-8-22-9-7-17)15-14(19)18-5-3-4-13(11-18)16-23(2,20)21/h12-13,16H,3-11H2,1-2H3,(H,15,19)/t12-,13-/m1/s1. The first-order valence-corrected chi connectivity index (χ1v) is 10.1. The molecule has 2 aliphatic heterocycles. The second-order valence-electron chi connectivity index (χ2n) is 6.44. The number of urea groups is 1. The number of sulfonamides is 1. The Kier molecular flexibility index (Phi) is 6.63. The molecule has 2 N–H and O–H groups in total. The third-order valence-electron chi connectivity index (χ3n) is 4.09. The van der Waals surface area contributed by atoms with Crippen molar-refractivity contribution in [3.8, 4) is 0 Å². The van der Waals surface area contributed by atoms with Gasteiger partial charge in [0.1, 0.15) is 0 Å². The quantitative estimate of drug-likeness (QED) is 0.694. The number of nitrogens with zero attached hydrogens (tertiary/aromatic N) is 2. The molecule has 2 atom stereocenters. The first-order chi connectivity index (χ1) is 10.8. The van der Waals surface area contributed by atoms with E-state index in [9.17, 15) is 13.2 Å². The van der Waals surface area contributed by atoms with E-state index in [0.717, 1.165) is 51.9 Å². The van der Waals surface area contributed by atoms with Crippen molar-refractivity contribution < 1.29 is 17.9 Å². The number of carbonyl (C=O) groups excluding carboxylic acids is 1. The molecule has 2 saturated heterocycles. The van der Waals surface area contributed by atoms with E-state index >= 15 is 0 Å². The zero-order valence-corrected chi connectivity index (χ0v) is 14.8. The molecule has 2 rings (SSSR count). The lowest BCUT2D eigenvalue weighted by atomic mass is 10.1. The van der Waals surface area contributed by atoms with Crippen molar-refractivity contribution in [1.29, 1.82) is 0 Å². The van der Waals surface area contributed by atoms with Gasteiger partial charge in [0, 0.05) is 44.8 Å². The molecular formula is C14H28N4O4S. The third-order valence-corrected chi connectivity index (χ3v) is 4.86. The molecule has 8 nitrogen and oxygen atoms in total. The van der Waals surface area contributed by atoms with Crippen molar-refractivity contribution >= 4 is 16.1 Å². The predicted octanol–water partition coefficient (Wildman–Crippen LogP) is -0.570. The normalized spacial score (nSPS) is 25.1. The first-order valence-electron chi connectivity index (χ1n) is 8.16. The summed E-state index contributed by atoms with van der Waals surface area (Å²) in [6, 6.07) is -0.270. The van der Waals surface area contributed by atoms with Gasteiger partial charge in [0.05, 0.1) is 19.5 Å². The maximum atomic E-state index is 12.4. The number of ether oxygens (including phenoxy) is 1. The van der Waals surface area contributed by atoms with Crippen LogP contribution in [0, 0.1) is 0 Å². The van der Waals surface area contributed by atoms with Crippen molar-refractivity contribution in [2.24, 2.45) is 0 Å². The average molecular weight is 348 g/mol. The lowest BCUT2D eigenvalue weighted by Crippen LogP contribution is -2.54. The molecule has 0 aliphatic carbocycles. The largest absolute Gasteiger partial charge is 0.379 e. The smallest absolute Gasteiger partial charge is 0.317 e. The van der Waals surface area contributed by atoms with Crippen molar-refractivity contribution in [3.63, 3.8) is 0 Å². The van der Waals surface area contributed by atoms with Crippen molar-refractivity contribution in [2.75, 3.05) is 52.2 Å². The van der Waals surface area contributed by atoms with Crippen LogP contribution in [0.5, 0.6) is 0 Å². The van der Waals surface area contributed by atoms with Crippen LogP contribution in [0.4, 0.5) is 4.79 Å². The molecule has 0 spiro atoms. The highest BCUT2D eigenvalue weighted by molar-refractivity contribution is 7.88. The Morgan fingerprint density at radius 3 is 2.65 bits per heavy atom. The minimum absolute atomic E-state index is 0.0452. The summed E-state index contributed by atoms with van der Waals surface area (Å²) in [5.74, 6) is 0. The Bertz CT molecular complexity index is 493. The third kappa shape index (κ3) is 6.62. The predicted molar refractivity (Wildman–Crippen MR) is 87.8 cm³/mol. The van der Waals surface area contributed by atoms with Crippen LogP contribution in [0.3, 0.4) is 0 Å². The van der Waals surface area contributed by atoms with Gasteiger partial charge < -0.3 is 15.0 Å². The van der Waals surface area contributed by atoms with Crippen LogP contribution in [0.15, 0.2) is 0 Å². The summed E-state index contributed by atoms with van der Waals surface area (Å²) in [7, 11) is -3.24. The first kappa shape index (κ1) is 18.4. The summed E-state index contributed by atoms with van der Waals surface area (Å²) < 4.78 is 30.6. The van der Waals surface area contributed by atoms with Crippen LogP contribution in [0.1, 0.15) is 19.8 Å². The van der Waals surface area contributed by atoms with Gasteiger partial charge in [0.2, 0.25) is 10.0 Å². The monoisotopic (exact) mass is 348 g/mol. The number of piperidine rings is 1. The van der Waals surface area contributed by atoms with E-state index in [-0.39, 0.29) is 18.1 Å². The minimum Gasteiger partial charge on any atom is -0.379 e. The summed E-state index contributed by atoms with van der Waals surface area (Å²) >= 11 is 0. The van der Waals surface area contributed by atoms with Gasteiger partial charge in [-0.05, 0) is 19.8 Å². The zero-order chi connectivity index (χ0) is 16.9. The molecule has 0 aromatic rings. The number of rotatable bonds is 5. The molecule has 0 aromatic heterocycles. The van der Waals surface area contributed by atoms with Crippen molar-refractivity contribution in [1.82, 2.24) is 19.8 Å². The van der Waals surface area contributed by atoms with Crippen molar-refractivity contribution in [3.05, 3.63) is 0 Å². The highest BCUT2D eigenvalue weighted by Gasteiger charge is 2.26. The van der Waals surface area contributed by atoms with Gasteiger partial charge in [0.15, 0.2) is 0 Å². The number of carbonyl (C=O) groups is 1. The van der Waals surface area contributed by atoms with Crippen LogP contribution in [-0.2, 0) is 14.8 Å². The van der Waals surface area contributed by atoms with Gasteiger partial charge in [-0.1, -0.05) is 0 Å². The second kappa shape index (κ2) is 8.27. The molecule has 2 amide bonds. The molecule has 23 heavy (non-hydrogen) atoms. The van der Waals surface area contributed by atoms with Crippen LogP contribution >= 0.6 is 0 Å². The van der Waals surface area contributed by atoms with Gasteiger partial charge in [-0.15, -0.1) is 0 Å². The topological polar surface area (TPSA) is 91.0 Å². The van der Waals surface area contributed by atoms with E-state index in [1.165, 1.54) is 0 Å². The number of hydrogen-bond acceptors (Lipinski definition) is 5. The fourth-order valence-electron chi connectivity index (χ4n) is 3.08. The van der Waals surface area contributed by atoms with Crippen LogP contribution in [0.25, 0.3) is 0 Å². The highest BCUT2D eigenvalue weighted by Crippen LogP contribution is 2.11. The molecule has 0 bridgehead atoms. The number of amides is 2. The van der Waals surface area contributed by atoms with E-state index < -0.39 is 10.0 Å². The molecule has 2 fully saturated rings. The summed E-state index contributed by atoms with van der Waals surface area (Å²) in [5.41, 5.74) is 0. The number of hydrogen-bond donors (Lipinski definition) is 2. The maximum absolute atomic E-state index is 12.4. The lowest BCUT2D eigenvalue weighted by Gasteiger charge is -2.34. The number of likely N-dealkylation sites (tertiary alicyclic amines) is 1. The number of nitrogens with one attached hydrogen (secondary N) is 2. The fraction of sp³-hybridized carbons (Fsp3) is 0.929. The van der Waals surface area contributed by atoms with Gasteiger partial charge in [0.25, 0.3) is 0 Å². The van der Waals surface area contributed by atoms with Crippen molar-refractivity contribution in [2.45, 2.75) is 31.8 Å². The molecule has 134 valence electrons.